The van der Waals surface area contributed by atoms with Gasteiger partial charge in [-0.3, -0.25) is 9.69 Å². The van der Waals surface area contributed by atoms with Crippen molar-refractivity contribution in [1.29, 1.82) is 0 Å². The summed E-state index contributed by atoms with van der Waals surface area (Å²) in [6, 6.07) is 6.58. The molecule has 2 aliphatic rings. The fourth-order valence-electron chi connectivity index (χ4n) is 3.85. The van der Waals surface area contributed by atoms with Gasteiger partial charge in [-0.15, -0.1) is 0 Å². The highest BCUT2D eigenvalue weighted by atomic mass is 16.5. The second kappa shape index (κ2) is 8.13. The Hall–Kier alpha value is -1.39. The van der Waals surface area contributed by atoms with Crippen LogP contribution in [0.1, 0.15) is 47.2 Å². The van der Waals surface area contributed by atoms with Crippen LogP contribution in [0.3, 0.4) is 0 Å². The van der Waals surface area contributed by atoms with Crippen molar-refractivity contribution in [2.24, 2.45) is 0 Å². The summed E-state index contributed by atoms with van der Waals surface area (Å²) >= 11 is 0. The largest absolute Gasteiger partial charge is 0.379 e. The van der Waals surface area contributed by atoms with Gasteiger partial charge in [0.2, 0.25) is 0 Å². The Labute approximate surface area is 145 Å². The van der Waals surface area contributed by atoms with Gasteiger partial charge in [-0.2, -0.15) is 0 Å². The van der Waals surface area contributed by atoms with E-state index in [9.17, 15) is 4.79 Å². The number of carbonyl (C=O) groups excluding carboxylic acids is 1. The van der Waals surface area contributed by atoms with Gasteiger partial charge in [-0.1, -0.05) is 17.7 Å². The number of hydrogen-bond acceptors (Lipinski definition) is 3. The minimum absolute atomic E-state index is 0.225. The zero-order valence-corrected chi connectivity index (χ0v) is 15.1. The van der Waals surface area contributed by atoms with Crippen LogP contribution in [-0.4, -0.2) is 61.1 Å². The summed E-state index contributed by atoms with van der Waals surface area (Å²) in [7, 11) is 0. The zero-order valence-electron chi connectivity index (χ0n) is 15.1. The summed E-state index contributed by atoms with van der Waals surface area (Å²) in [5.41, 5.74) is 3.13. The molecule has 4 nitrogen and oxygen atoms in total. The molecule has 1 amide bonds. The van der Waals surface area contributed by atoms with E-state index in [-0.39, 0.29) is 5.91 Å². The van der Waals surface area contributed by atoms with E-state index in [1.54, 1.807) is 0 Å². The molecule has 2 heterocycles. The Morgan fingerprint density at radius 2 is 1.96 bits per heavy atom. The van der Waals surface area contributed by atoms with Gasteiger partial charge in [-0.05, 0) is 51.2 Å². The number of hydrogen-bond donors (Lipinski definition) is 0. The molecule has 0 N–H and O–H groups in total. The van der Waals surface area contributed by atoms with E-state index >= 15 is 0 Å². The molecule has 1 atom stereocenters. The molecule has 0 aromatic heterocycles. The predicted molar refractivity (Wildman–Crippen MR) is 96.5 cm³/mol. The summed E-state index contributed by atoms with van der Waals surface area (Å²) < 4.78 is 5.43. The topological polar surface area (TPSA) is 32.8 Å². The van der Waals surface area contributed by atoms with Crippen molar-refractivity contribution in [3.63, 3.8) is 0 Å². The summed E-state index contributed by atoms with van der Waals surface area (Å²) in [4.78, 5) is 17.7. The lowest BCUT2D eigenvalue weighted by Crippen LogP contribution is -2.46. The maximum absolute atomic E-state index is 13.1. The van der Waals surface area contributed by atoms with Crippen LogP contribution in [0.2, 0.25) is 0 Å². The molecular formula is C20H30N2O2. The standard InChI is InChI=1S/C20H30N2O2/c1-16-6-7-17(2)19(15-16)20(23)22-9-4-3-5-18(22)8-10-21-11-13-24-14-12-21/h6-7,15,18H,3-5,8-14H2,1-2H3/t18-/m0/s1. The molecule has 0 aliphatic carbocycles. The van der Waals surface area contributed by atoms with Crippen molar-refractivity contribution >= 4 is 5.91 Å². The number of carbonyl (C=O) groups is 1. The van der Waals surface area contributed by atoms with Gasteiger partial charge >= 0.3 is 0 Å². The third-order valence-corrected chi connectivity index (χ3v) is 5.39. The van der Waals surface area contributed by atoms with Crippen molar-refractivity contribution in [3.8, 4) is 0 Å². The third-order valence-electron chi connectivity index (χ3n) is 5.39. The SMILES string of the molecule is Cc1ccc(C)c(C(=O)N2CCCC[C@H]2CCN2CCOCC2)c1. The molecule has 2 aliphatic heterocycles. The first-order chi connectivity index (χ1) is 11.6. The van der Waals surface area contributed by atoms with Gasteiger partial charge in [-0.25, -0.2) is 0 Å². The Morgan fingerprint density at radius 3 is 2.75 bits per heavy atom. The van der Waals surface area contributed by atoms with Crippen molar-refractivity contribution in [2.75, 3.05) is 39.4 Å². The summed E-state index contributed by atoms with van der Waals surface area (Å²) in [6.45, 7) is 9.81. The van der Waals surface area contributed by atoms with Gasteiger partial charge in [0.25, 0.3) is 5.91 Å². The van der Waals surface area contributed by atoms with E-state index in [1.807, 2.05) is 13.0 Å². The first kappa shape index (κ1) is 17.4. The number of rotatable bonds is 4. The van der Waals surface area contributed by atoms with E-state index in [0.29, 0.717) is 6.04 Å². The van der Waals surface area contributed by atoms with Gasteiger partial charge in [0, 0.05) is 37.8 Å². The summed E-state index contributed by atoms with van der Waals surface area (Å²) in [6.07, 6.45) is 4.59. The molecule has 0 bridgehead atoms. The second-order valence-electron chi connectivity index (χ2n) is 7.21. The molecule has 1 aromatic carbocycles. The zero-order chi connectivity index (χ0) is 16.9. The molecule has 0 saturated carbocycles. The van der Waals surface area contributed by atoms with Crippen molar-refractivity contribution in [3.05, 3.63) is 34.9 Å². The highest BCUT2D eigenvalue weighted by Gasteiger charge is 2.28. The third kappa shape index (κ3) is 4.17. The van der Waals surface area contributed by atoms with E-state index in [0.717, 1.165) is 75.3 Å². The Bertz CT molecular complexity index is 567. The van der Waals surface area contributed by atoms with Crippen LogP contribution >= 0.6 is 0 Å². The monoisotopic (exact) mass is 330 g/mol. The second-order valence-corrected chi connectivity index (χ2v) is 7.21. The predicted octanol–water partition coefficient (Wildman–Crippen LogP) is 3.02. The smallest absolute Gasteiger partial charge is 0.254 e. The lowest BCUT2D eigenvalue weighted by Gasteiger charge is -2.38. The fraction of sp³-hybridized carbons (Fsp3) is 0.650. The Morgan fingerprint density at radius 1 is 1.17 bits per heavy atom. The molecule has 24 heavy (non-hydrogen) atoms. The number of aryl methyl sites for hydroxylation is 2. The van der Waals surface area contributed by atoms with Crippen molar-refractivity contribution in [2.45, 2.75) is 45.6 Å². The van der Waals surface area contributed by atoms with E-state index in [4.69, 9.17) is 4.74 Å². The summed E-state index contributed by atoms with van der Waals surface area (Å²) in [5, 5.41) is 0. The van der Waals surface area contributed by atoms with Gasteiger partial charge in [0.1, 0.15) is 0 Å². The van der Waals surface area contributed by atoms with Gasteiger partial charge < -0.3 is 9.64 Å². The average Bonchev–Trinajstić information content (AvgIpc) is 2.62. The summed E-state index contributed by atoms with van der Waals surface area (Å²) in [5.74, 6) is 0.225. The number of piperidine rings is 1. The highest BCUT2D eigenvalue weighted by Crippen LogP contribution is 2.24. The molecule has 1 aromatic rings. The highest BCUT2D eigenvalue weighted by molar-refractivity contribution is 5.96. The van der Waals surface area contributed by atoms with Crippen LogP contribution in [0.5, 0.6) is 0 Å². The van der Waals surface area contributed by atoms with Crippen LogP contribution in [0.25, 0.3) is 0 Å². The molecule has 3 rings (SSSR count). The van der Waals surface area contributed by atoms with E-state index in [1.165, 1.54) is 6.42 Å². The Balaban J connectivity index is 1.66. The van der Waals surface area contributed by atoms with Crippen molar-refractivity contribution < 1.29 is 9.53 Å². The van der Waals surface area contributed by atoms with Crippen LogP contribution in [0, 0.1) is 13.8 Å². The van der Waals surface area contributed by atoms with Crippen LogP contribution in [-0.2, 0) is 4.74 Å². The Kier molecular flexibility index (Phi) is 5.90. The number of nitrogens with zero attached hydrogens (tertiary/aromatic N) is 2. The van der Waals surface area contributed by atoms with E-state index in [2.05, 4.69) is 28.9 Å². The number of morpholine rings is 1. The molecule has 4 heteroatoms. The molecular weight excluding hydrogens is 300 g/mol. The van der Waals surface area contributed by atoms with Gasteiger partial charge in [0.15, 0.2) is 0 Å². The molecule has 0 spiro atoms. The molecule has 0 radical (unpaired) electrons. The average molecular weight is 330 g/mol. The molecule has 2 saturated heterocycles. The molecule has 132 valence electrons. The van der Waals surface area contributed by atoms with Crippen LogP contribution in [0.15, 0.2) is 18.2 Å². The first-order valence-electron chi connectivity index (χ1n) is 9.33. The maximum Gasteiger partial charge on any atom is 0.254 e. The number of benzene rings is 1. The maximum atomic E-state index is 13.1. The van der Waals surface area contributed by atoms with E-state index < -0.39 is 0 Å². The van der Waals surface area contributed by atoms with Crippen molar-refractivity contribution in [1.82, 2.24) is 9.80 Å². The number of amides is 1. The molecule has 2 fully saturated rings. The molecule has 0 unspecified atom stereocenters. The minimum atomic E-state index is 0.225. The number of likely N-dealkylation sites (tertiary alicyclic amines) is 1. The quantitative estimate of drug-likeness (QED) is 0.851. The van der Waals surface area contributed by atoms with Gasteiger partial charge in [0.05, 0.1) is 13.2 Å². The lowest BCUT2D eigenvalue weighted by molar-refractivity contribution is 0.0295. The fourth-order valence-corrected chi connectivity index (χ4v) is 3.85. The van der Waals surface area contributed by atoms with Crippen LogP contribution < -0.4 is 0 Å². The lowest BCUT2D eigenvalue weighted by atomic mass is 9.96. The first-order valence-corrected chi connectivity index (χ1v) is 9.33. The van der Waals surface area contributed by atoms with Crippen LogP contribution in [0.4, 0.5) is 0 Å². The normalized spacial score (nSPS) is 22.6. The number of ether oxygens (including phenoxy) is 1. The minimum Gasteiger partial charge on any atom is -0.379 e.